The number of H-pyrrole nitrogens is 1. The standard InChI is InChI=1S/C17H19N3O4.Y/c1-3-12-14(21)15(23-2)16(24-12)20-10-9-13(19-17(20)22)18-11-7-5-4-6-8-11;/h4-7,10,12,14-16,21H,3H2,1-2H3,(H,18,19,22);/q-2;/t12-,14?,15+,16-;/m1./s1. The summed E-state index contributed by atoms with van der Waals surface area (Å²) in [6.45, 7) is 1.91. The molecule has 0 aliphatic carbocycles. The van der Waals surface area contributed by atoms with Gasteiger partial charge in [-0.2, -0.15) is 30.5 Å². The first-order valence-corrected chi connectivity index (χ1v) is 7.75. The second-order valence-corrected chi connectivity index (χ2v) is 5.48. The minimum Gasteiger partial charge on any atom is -0.410 e. The van der Waals surface area contributed by atoms with Crippen molar-refractivity contribution in [3.63, 3.8) is 0 Å². The van der Waals surface area contributed by atoms with Gasteiger partial charge in [-0.25, -0.2) is 4.79 Å². The van der Waals surface area contributed by atoms with Crippen molar-refractivity contribution < 1.29 is 47.3 Å². The van der Waals surface area contributed by atoms with Gasteiger partial charge in [-0.05, 0) is 11.9 Å². The van der Waals surface area contributed by atoms with Gasteiger partial charge in [-0.1, -0.05) is 12.6 Å². The average Bonchev–Trinajstić information content (AvgIpc) is 2.91. The van der Waals surface area contributed by atoms with Crippen LogP contribution in [0.15, 0.2) is 40.2 Å². The van der Waals surface area contributed by atoms with E-state index in [0.717, 1.165) is 0 Å². The molecule has 1 radical (unpaired) electrons. The molecule has 131 valence electrons. The Hall–Kier alpha value is -1.12. The molecule has 0 bridgehead atoms. The quantitative estimate of drug-likeness (QED) is 0.716. The summed E-state index contributed by atoms with van der Waals surface area (Å²) >= 11 is 0. The molecule has 1 aromatic heterocycles. The fourth-order valence-corrected chi connectivity index (χ4v) is 2.75. The van der Waals surface area contributed by atoms with Gasteiger partial charge in [0, 0.05) is 39.8 Å². The van der Waals surface area contributed by atoms with E-state index in [1.807, 2.05) is 19.1 Å². The van der Waals surface area contributed by atoms with Crippen LogP contribution in [0.2, 0.25) is 0 Å². The van der Waals surface area contributed by atoms with E-state index in [-0.39, 0.29) is 38.8 Å². The van der Waals surface area contributed by atoms with Crippen LogP contribution in [0.5, 0.6) is 0 Å². The van der Waals surface area contributed by atoms with E-state index in [1.165, 1.54) is 17.9 Å². The van der Waals surface area contributed by atoms with Crippen LogP contribution in [0.3, 0.4) is 0 Å². The third-order valence-electron chi connectivity index (χ3n) is 3.99. The molecule has 1 aliphatic rings. The molecule has 1 aromatic carbocycles. The van der Waals surface area contributed by atoms with Gasteiger partial charge in [0.15, 0.2) is 6.23 Å². The monoisotopic (exact) mass is 418 g/mol. The summed E-state index contributed by atoms with van der Waals surface area (Å²) in [5.41, 5.74) is 0.466. The van der Waals surface area contributed by atoms with Crippen LogP contribution in [-0.4, -0.2) is 40.1 Å². The van der Waals surface area contributed by atoms with Gasteiger partial charge < -0.3 is 30.2 Å². The number of ether oxygens (including phenoxy) is 2. The Bertz CT molecular complexity index is 805. The third-order valence-corrected chi connectivity index (χ3v) is 3.99. The first kappa shape index (κ1) is 20.2. The molecule has 0 saturated carbocycles. The molecule has 8 heteroatoms. The minimum atomic E-state index is -0.791. The van der Waals surface area contributed by atoms with Crippen molar-refractivity contribution in [1.29, 1.82) is 0 Å². The van der Waals surface area contributed by atoms with Crippen molar-refractivity contribution in [3.8, 4) is 0 Å². The number of para-hydroxylation sites is 1. The molecule has 0 amide bonds. The van der Waals surface area contributed by atoms with Crippen molar-refractivity contribution in [3.05, 3.63) is 58.6 Å². The molecule has 1 unspecified atom stereocenters. The van der Waals surface area contributed by atoms with E-state index in [2.05, 4.69) is 22.1 Å². The average molecular weight is 418 g/mol. The normalized spacial score (nSPS) is 26.4. The largest absolute Gasteiger partial charge is 0.410 e. The molecule has 2 N–H and O–H groups in total. The number of hydrogen-bond donors (Lipinski definition) is 2. The van der Waals surface area contributed by atoms with Crippen molar-refractivity contribution in [1.82, 2.24) is 9.55 Å². The fourth-order valence-electron chi connectivity index (χ4n) is 2.75. The van der Waals surface area contributed by atoms with Crippen LogP contribution in [0.1, 0.15) is 19.6 Å². The van der Waals surface area contributed by atoms with Crippen molar-refractivity contribution in [2.24, 2.45) is 4.99 Å². The van der Waals surface area contributed by atoms with Crippen LogP contribution >= 0.6 is 0 Å². The molecule has 25 heavy (non-hydrogen) atoms. The van der Waals surface area contributed by atoms with E-state index in [4.69, 9.17) is 9.47 Å². The first-order valence-electron chi connectivity index (χ1n) is 7.75. The van der Waals surface area contributed by atoms with Gasteiger partial charge in [0.2, 0.25) is 0 Å². The minimum absolute atomic E-state index is 0. The molecule has 4 atom stereocenters. The maximum Gasteiger partial charge on any atom is 0.324 e. The molecular weight excluding hydrogens is 399 g/mol. The summed E-state index contributed by atoms with van der Waals surface area (Å²) in [4.78, 5) is 19.3. The Labute approximate surface area is 170 Å². The Balaban J connectivity index is 0.00000225. The number of aliphatic hydroxyl groups is 1. The van der Waals surface area contributed by atoms with Gasteiger partial charge >= 0.3 is 5.69 Å². The summed E-state index contributed by atoms with van der Waals surface area (Å²) in [5, 5.41) is 10.2. The number of hydrogen-bond acceptors (Lipinski definition) is 5. The zero-order chi connectivity index (χ0) is 17.1. The van der Waals surface area contributed by atoms with Crippen LogP contribution in [0, 0.1) is 12.1 Å². The van der Waals surface area contributed by atoms with E-state index >= 15 is 0 Å². The first-order chi connectivity index (χ1) is 11.6. The molecule has 2 aromatic rings. The Morgan fingerprint density at radius 1 is 1.44 bits per heavy atom. The second-order valence-electron chi connectivity index (χ2n) is 5.48. The summed E-state index contributed by atoms with van der Waals surface area (Å²) < 4.78 is 12.4. The summed E-state index contributed by atoms with van der Waals surface area (Å²) in [7, 11) is 1.48. The van der Waals surface area contributed by atoms with Gasteiger partial charge in [0.05, 0.1) is 6.10 Å². The molecule has 1 saturated heterocycles. The second kappa shape index (κ2) is 9.01. The number of nitrogens with one attached hydrogen (secondary N) is 1. The number of benzene rings is 1. The number of rotatable bonds is 4. The molecule has 7 nitrogen and oxygen atoms in total. The van der Waals surface area contributed by atoms with Crippen LogP contribution in [0.4, 0.5) is 5.69 Å². The van der Waals surface area contributed by atoms with Gasteiger partial charge in [-0.3, -0.25) is 4.99 Å². The fraction of sp³-hybridized carbons (Fsp3) is 0.412. The molecule has 1 aliphatic heterocycles. The third kappa shape index (κ3) is 4.35. The SMILES string of the molecule is CC[C@H]1O[C@@H](n2c[c-]c(=Nc3[c-]cccc3)[nH]c2=O)[C@@H](OC)C1O.[Y]. The number of nitrogens with zero attached hydrogens (tertiary/aromatic N) is 2. The van der Waals surface area contributed by atoms with Crippen LogP contribution in [0.25, 0.3) is 0 Å². The molecular formula is C17H19N3O4Y-2. The van der Waals surface area contributed by atoms with Crippen LogP contribution in [-0.2, 0) is 42.2 Å². The van der Waals surface area contributed by atoms with E-state index in [9.17, 15) is 9.90 Å². The van der Waals surface area contributed by atoms with Gasteiger partial charge in [0.25, 0.3) is 0 Å². The van der Waals surface area contributed by atoms with E-state index < -0.39 is 24.1 Å². The summed E-state index contributed by atoms with van der Waals surface area (Å²) in [5.74, 6) is 0. The Kier molecular flexibility index (Phi) is 7.28. The zero-order valence-corrected chi connectivity index (χ0v) is 16.9. The van der Waals surface area contributed by atoms with Gasteiger partial charge in [-0.15, -0.1) is 6.07 Å². The predicted octanol–water partition coefficient (Wildman–Crippen LogP) is 0.690. The van der Waals surface area contributed by atoms with Crippen molar-refractivity contribution in [2.45, 2.75) is 37.9 Å². The maximum atomic E-state index is 12.4. The number of methoxy groups -OCH3 is 1. The topological polar surface area (TPSA) is 88.8 Å². The Morgan fingerprint density at radius 3 is 2.84 bits per heavy atom. The smallest absolute Gasteiger partial charge is 0.324 e. The van der Waals surface area contributed by atoms with Crippen molar-refractivity contribution in [2.75, 3.05) is 7.11 Å². The molecule has 1 fully saturated rings. The summed E-state index contributed by atoms with van der Waals surface area (Å²) in [6, 6.07) is 13.0. The molecule has 3 rings (SSSR count). The van der Waals surface area contributed by atoms with E-state index in [0.29, 0.717) is 17.6 Å². The number of aromatic nitrogens is 2. The zero-order valence-electron chi connectivity index (χ0n) is 14.0. The summed E-state index contributed by atoms with van der Waals surface area (Å²) in [6.07, 6.45) is -0.429. The predicted molar refractivity (Wildman–Crippen MR) is 85.4 cm³/mol. The molecule has 2 heterocycles. The van der Waals surface area contributed by atoms with Crippen LogP contribution < -0.4 is 11.2 Å². The number of aromatic amines is 1. The van der Waals surface area contributed by atoms with E-state index in [1.54, 1.807) is 12.1 Å². The maximum absolute atomic E-state index is 12.4. The number of aliphatic hydroxyl groups excluding tert-OH is 1. The Morgan fingerprint density at radius 2 is 2.24 bits per heavy atom. The molecule has 0 spiro atoms. The van der Waals surface area contributed by atoms with Gasteiger partial charge in [0.1, 0.15) is 12.2 Å². The van der Waals surface area contributed by atoms with Crippen molar-refractivity contribution >= 4 is 5.69 Å².